The first-order valence-corrected chi connectivity index (χ1v) is 17.8. The molecule has 0 amide bonds. The molecule has 0 saturated carbocycles. The van der Waals surface area contributed by atoms with Crippen LogP contribution in [0.3, 0.4) is 0 Å². The van der Waals surface area contributed by atoms with Crippen molar-refractivity contribution in [2.45, 2.75) is 0 Å². The van der Waals surface area contributed by atoms with Gasteiger partial charge in [-0.05, 0) is 106 Å². The summed E-state index contributed by atoms with van der Waals surface area (Å²) in [6.45, 7) is 0. The lowest BCUT2D eigenvalue weighted by Gasteiger charge is -2.27. The summed E-state index contributed by atoms with van der Waals surface area (Å²) < 4.78 is 0. The molecule has 0 radical (unpaired) electrons. The smallest absolute Gasteiger partial charge is 0.158 e. The van der Waals surface area contributed by atoms with Crippen molar-refractivity contribution < 1.29 is 25.5 Å². The Balaban J connectivity index is 0.000000149. The van der Waals surface area contributed by atoms with Crippen LogP contribution in [-0.4, -0.2) is 25.5 Å². The fourth-order valence-corrected chi connectivity index (χ4v) is 10.2. The molecule has 0 aliphatic carbocycles. The van der Waals surface area contributed by atoms with Crippen molar-refractivity contribution in [1.82, 2.24) is 0 Å². The highest BCUT2D eigenvalue weighted by Crippen LogP contribution is 2.54. The molecule has 0 aliphatic heterocycles. The van der Waals surface area contributed by atoms with Crippen molar-refractivity contribution in [3.05, 3.63) is 188 Å². The van der Waals surface area contributed by atoms with Gasteiger partial charge in [0.25, 0.3) is 0 Å². The summed E-state index contributed by atoms with van der Waals surface area (Å²) in [7, 11) is -2.04. The molecule has 5 N–H and O–H groups in total. The Morgan fingerprint density at radius 1 is 0.260 bits per heavy atom. The zero-order valence-electron chi connectivity index (χ0n) is 27.1. The van der Waals surface area contributed by atoms with Crippen molar-refractivity contribution in [2.24, 2.45) is 0 Å². The van der Waals surface area contributed by atoms with Gasteiger partial charge in [0.2, 0.25) is 0 Å². The Morgan fingerprint density at radius 2 is 0.500 bits per heavy atom. The molecule has 8 rings (SSSR count). The van der Waals surface area contributed by atoms with Gasteiger partial charge < -0.3 is 25.5 Å². The van der Waals surface area contributed by atoms with Crippen LogP contribution in [0.1, 0.15) is 0 Å². The van der Waals surface area contributed by atoms with Crippen LogP contribution in [0.4, 0.5) is 0 Å². The molecule has 0 aliphatic rings. The first kappa shape index (κ1) is 33.6. The summed E-state index contributed by atoms with van der Waals surface area (Å²) >= 11 is 0. The number of rotatable bonds is 4. The normalized spacial score (nSPS) is 10.8. The third-order valence-electron chi connectivity index (χ3n) is 8.35. The van der Waals surface area contributed by atoms with Crippen molar-refractivity contribution >= 4 is 50.0 Å². The Labute approximate surface area is 291 Å². The maximum atomic E-state index is 9.85. The number of phenolic OH excluding ortho intramolecular Hbond substituents is 5. The molecule has 0 unspecified atom stereocenters. The molecule has 0 spiro atoms. The summed E-state index contributed by atoms with van der Waals surface area (Å²) in [5.74, 6) is -0.00849. The molecular weight excluding hydrogens is 639 g/mol. The van der Waals surface area contributed by atoms with Gasteiger partial charge in [-0.15, -0.1) is 0 Å². The molecule has 6 heteroatoms. The van der Waals surface area contributed by atoms with Gasteiger partial charge in [0, 0.05) is 0 Å². The average molecular weight is 676 g/mol. The third-order valence-corrected chi connectivity index (χ3v) is 12.6. The number of fused-ring (bicyclic) bond motifs is 2. The Hall–Kier alpha value is -6.29. The van der Waals surface area contributed by atoms with Crippen molar-refractivity contribution in [1.29, 1.82) is 0 Å². The lowest BCUT2D eigenvalue weighted by atomic mass is 10.1. The van der Waals surface area contributed by atoms with Crippen LogP contribution in [0.15, 0.2) is 188 Å². The monoisotopic (exact) mass is 675 g/mol. The average Bonchev–Trinajstić information content (AvgIpc) is 3.15. The van der Waals surface area contributed by atoms with Gasteiger partial charge in [-0.3, -0.25) is 0 Å². The predicted molar refractivity (Wildman–Crippen MR) is 207 cm³/mol. The maximum absolute atomic E-state index is 9.85. The minimum absolute atomic E-state index is 0.0753. The third kappa shape index (κ3) is 7.24. The Kier molecular flexibility index (Phi) is 10.3. The summed E-state index contributed by atoms with van der Waals surface area (Å²) in [4.78, 5) is 0. The highest BCUT2D eigenvalue weighted by atomic mass is 31.2. The van der Waals surface area contributed by atoms with Crippen LogP contribution in [0.5, 0.6) is 28.7 Å². The van der Waals surface area contributed by atoms with Crippen LogP contribution < -0.4 is 21.2 Å². The molecule has 0 saturated heterocycles. The van der Waals surface area contributed by atoms with E-state index < -0.39 is 7.26 Å². The first-order chi connectivity index (χ1) is 24.4. The highest BCUT2D eigenvalue weighted by Gasteiger charge is 2.47. The van der Waals surface area contributed by atoms with E-state index in [-0.39, 0.29) is 23.0 Å². The standard InChI is InChI=1S/C24H19OP.2C10H8O2/c25-20-16-18-24(19-17-20)26(21-10-4-1-5-11-21,22-12-6-2-7-13-22)23-14-8-3-9-15-23;2*11-9-5-7-3-1-2-4-8(7)6-10(9)12/h1-19H;2*1-6,11-12H/p+1. The van der Waals surface area contributed by atoms with Crippen molar-refractivity contribution in [3.8, 4) is 28.7 Å². The molecular formula is C44H36O5P+. The quantitative estimate of drug-likeness (QED) is 0.0952. The van der Waals surface area contributed by atoms with Gasteiger partial charge in [0.15, 0.2) is 23.0 Å². The Morgan fingerprint density at radius 3 is 0.780 bits per heavy atom. The van der Waals surface area contributed by atoms with E-state index in [0.717, 1.165) is 21.5 Å². The molecule has 0 aromatic heterocycles. The molecule has 8 aromatic rings. The minimum atomic E-state index is -2.04. The number of benzene rings is 8. The van der Waals surface area contributed by atoms with Gasteiger partial charge in [0.05, 0.1) is 0 Å². The van der Waals surface area contributed by atoms with Crippen LogP contribution in [0.25, 0.3) is 21.5 Å². The summed E-state index contributed by atoms with van der Waals surface area (Å²) in [6.07, 6.45) is 0. The SMILES string of the molecule is Oc1cc2ccccc2cc1O.Oc1cc2ccccc2cc1O.Oc1ccc([P+](c2ccccc2)(c2ccccc2)c2ccccc2)cc1. The molecule has 8 aromatic carbocycles. The number of aromatic hydroxyl groups is 5. The van der Waals surface area contributed by atoms with Crippen LogP contribution >= 0.6 is 7.26 Å². The largest absolute Gasteiger partial charge is 0.508 e. The lowest BCUT2D eigenvalue weighted by Crippen LogP contribution is -2.38. The molecule has 0 heterocycles. The van der Waals surface area contributed by atoms with E-state index in [1.165, 1.54) is 21.2 Å². The van der Waals surface area contributed by atoms with Gasteiger partial charge in [0.1, 0.15) is 34.2 Å². The second-order valence-corrected chi connectivity index (χ2v) is 15.0. The van der Waals surface area contributed by atoms with E-state index in [2.05, 4.69) is 103 Å². The second kappa shape index (κ2) is 15.3. The Bertz CT molecular complexity index is 2050. The molecule has 0 bridgehead atoms. The molecule has 246 valence electrons. The van der Waals surface area contributed by atoms with Gasteiger partial charge in [-0.2, -0.15) is 0 Å². The number of hydrogen-bond donors (Lipinski definition) is 5. The van der Waals surface area contributed by atoms with E-state index in [1.54, 1.807) is 36.4 Å². The van der Waals surface area contributed by atoms with Crippen LogP contribution in [0, 0.1) is 0 Å². The first-order valence-electron chi connectivity index (χ1n) is 16.0. The maximum Gasteiger partial charge on any atom is 0.158 e. The zero-order valence-corrected chi connectivity index (χ0v) is 28.0. The second-order valence-electron chi connectivity index (χ2n) is 11.6. The highest BCUT2D eigenvalue weighted by molar-refractivity contribution is 8.01. The molecule has 5 nitrogen and oxygen atoms in total. The summed E-state index contributed by atoms with van der Waals surface area (Å²) in [5, 5.41) is 55.4. The van der Waals surface area contributed by atoms with Gasteiger partial charge in [-0.1, -0.05) is 103 Å². The van der Waals surface area contributed by atoms with Crippen molar-refractivity contribution in [2.75, 3.05) is 0 Å². The van der Waals surface area contributed by atoms with E-state index >= 15 is 0 Å². The van der Waals surface area contributed by atoms with Crippen LogP contribution in [-0.2, 0) is 0 Å². The van der Waals surface area contributed by atoms with Crippen LogP contribution in [0.2, 0.25) is 0 Å². The van der Waals surface area contributed by atoms with Crippen molar-refractivity contribution in [3.63, 3.8) is 0 Å². The van der Waals surface area contributed by atoms with E-state index in [9.17, 15) is 5.11 Å². The van der Waals surface area contributed by atoms with E-state index in [1.807, 2.05) is 48.5 Å². The number of phenols is 5. The summed E-state index contributed by atoms with van der Waals surface area (Å²) in [5.41, 5.74) is 0. The fraction of sp³-hybridized carbons (Fsp3) is 0. The molecule has 50 heavy (non-hydrogen) atoms. The topological polar surface area (TPSA) is 101 Å². The van der Waals surface area contributed by atoms with Gasteiger partial charge >= 0.3 is 0 Å². The zero-order chi connectivity index (χ0) is 34.9. The predicted octanol–water partition coefficient (Wildman–Crippen LogP) is 8.51. The number of hydrogen-bond acceptors (Lipinski definition) is 5. The lowest BCUT2D eigenvalue weighted by molar-refractivity contribution is 0.405. The molecule has 0 fully saturated rings. The summed E-state index contributed by atoms with van der Waals surface area (Å²) in [6, 6.07) is 61.1. The van der Waals surface area contributed by atoms with E-state index in [4.69, 9.17) is 20.4 Å². The minimum Gasteiger partial charge on any atom is -0.508 e. The fourth-order valence-electron chi connectivity index (χ4n) is 5.96. The van der Waals surface area contributed by atoms with E-state index in [0.29, 0.717) is 5.75 Å². The molecule has 0 atom stereocenters. The van der Waals surface area contributed by atoms with Gasteiger partial charge in [-0.25, -0.2) is 0 Å².